The van der Waals surface area contributed by atoms with Crippen LogP contribution in [0.4, 0.5) is 0 Å². The molecule has 6 rings (SSSR count). The lowest BCUT2D eigenvalue weighted by atomic mass is 9.84. The number of ketones is 1. The molecule has 3 amide bonds. The van der Waals surface area contributed by atoms with Crippen LogP contribution in [0.15, 0.2) is 81.4 Å². The van der Waals surface area contributed by atoms with E-state index in [4.69, 9.17) is 90.4 Å². The first-order valence-corrected chi connectivity index (χ1v) is 15.5. The molecular weight excluding hydrogens is 736 g/mol. The molecule has 2 bridgehead atoms. The number of benzene rings is 2. The Hall–Kier alpha value is -2.76. The maximum absolute atomic E-state index is 14.0. The predicted octanol–water partition coefficient (Wildman–Crippen LogP) is 6.84. The fraction of sp³-hybridized carbons (Fsp3) is 0.207. The van der Waals surface area contributed by atoms with E-state index < -0.39 is 61.9 Å². The Morgan fingerprint density at radius 2 is 1.33 bits per heavy atom. The number of alkyl halides is 4. The highest BCUT2D eigenvalue weighted by Crippen LogP contribution is 2.77. The normalized spacial score (nSPS) is 26.3. The molecule has 2 fully saturated rings. The van der Waals surface area contributed by atoms with Crippen molar-refractivity contribution in [2.24, 2.45) is 11.8 Å². The zero-order valence-electron chi connectivity index (χ0n) is 22.1. The van der Waals surface area contributed by atoms with Crippen LogP contribution in [-0.4, -0.2) is 60.1 Å². The van der Waals surface area contributed by atoms with Crippen molar-refractivity contribution >= 4 is 111 Å². The van der Waals surface area contributed by atoms with Gasteiger partial charge in [0.1, 0.15) is 22.0 Å². The topological polar surface area (TPSA) is 114 Å². The van der Waals surface area contributed by atoms with Gasteiger partial charge in [-0.05, 0) is 60.7 Å². The zero-order chi connectivity index (χ0) is 32.6. The van der Waals surface area contributed by atoms with Crippen molar-refractivity contribution < 1.29 is 33.1 Å². The van der Waals surface area contributed by atoms with Crippen LogP contribution in [0, 0.1) is 11.8 Å². The van der Waals surface area contributed by atoms with Gasteiger partial charge in [0.25, 0.3) is 17.7 Å². The molecule has 9 nitrogen and oxygen atoms in total. The average molecular weight is 752 g/mol. The number of imide groups is 1. The second-order valence-electron chi connectivity index (χ2n) is 10.3. The van der Waals surface area contributed by atoms with E-state index in [0.29, 0.717) is 15.0 Å². The molecule has 1 aliphatic heterocycles. The van der Waals surface area contributed by atoms with Crippen molar-refractivity contribution in [3.63, 3.8) is 0 Å². The highest BCUT2D eigenvalue weighted by molar-refractivity contribution is 6.66. The summed E-state index contributed by atoms with van der Waals surface area (Å²) in [4.78, 5) is 63.3. The number of halogens is 7. The van der Waals surface area contributed by atoms with Gasteiger partial charge >= 0.3 is 5.97 Å². The van der Waals surface area contributed by atoms with Gasteiger partial charge in [0.05, 0.1) is 28.2 Å². The number of ether oxygens (including phenoxy) is 1. The first kappa shape index (κ1) is 32.2. The highest BCUT2D eigenvalue weighted by Gasteiger charge is 2.88. The van der Waals surface area contributed by atoms with Gasteiger partial charge in [0.2, 0.25) is 5.76 Å². The SMILES string of the molecule is O=C(CN(C(=O)c1ccc(Cl)cc1)N1C(=O)[C@@H]2[C@H](C1=O)[C@@]1(Cl)C(Cl)=C(Cl)[C@@]2(Cl)C1(Cl)Cl)c1ccc(OC(=O)c2ccco2)cc1. The second kappa shape index (κ2) is 11.2. The number of carbonyl (C=O) groups excluding carboxylic acids is 5. The van der Waals surface area contributed by atoms with Gasteiger partial charge in [0, 0.05) is 16.1 Å². The maximum Gasteiger partial charge on any atom is 0.379 e. The van der Waals surface area contributed by atoms with Gasteiger partial charge in [-0.2, -0.15) is 5.01 Å². The number of hydrogen-bond acceptors (Lipinski definition) is 7. The number of rotatable bonds is 7. The summed E-state index contributed by atoms with van der Waals surface area (Å²) in [6, 6.07) is 13.8. The summed E-state index contributed by atoms with van der Waals surface area (Å²) in [5.41, 5.74) is 0.0457. The number of fused-ring (bicyclic) bond motifs is 5. The molecule has 1 aromatic heterocycles. The number of nitrogens with zero attached hydrogens (tertiary/aromatic N) is 2. The molecule has 0 N–H and O–H groups in total. The molecule has 3 aliphatic rings. The van der Waals surface area contributed by atoms with E-state index >= 15 is 0 Å². The van der Waals surface area contributed by atoms with E-state index in [1.54, 1.807) is 0 Å². The Morgan fingerprint density at radius 3 is 1.84 bits per heavy atom. The van der Waals surface area contributed by atoms with Crippen molar-refractivity contribution in [2.45, 2.75) is 14.1 Å². The van der Waals surface area contributed by atoms with Crippen LogP contribution in [0.1, 0.15) is 31.3 Å². The number of carbonyl (C=O) groups is 5. The molecule has 16 heteroatoms. The summed E-state index contributed by atoms with van der Waals surface area (Å²) in [7, 11) is 0. The number of esters is 1. The first-order chi connectivity index (χ1) is 21.2. The molecule has 2 aromatic carbocycles. The van der Waals surface area contributed by atoms with E-state index in [1.165, 1.54) is 66.9 Å². The number of hydrazine groups is 1. The number of hydrogen-bond donors (Lipinski definition) is 0. The summed E-state index contributed by atoms with van der Waals surface area (Å²) in [5, 5.41) is 0.862. The van der Waals surface area contributed by atoms with Crippen molar-refractivity contribution in [2.75, 3.05) is 6.54 Å². The standard InChI is InChI=1S/C29H15Cl7N2O7/c30-15-7-3-14(4-8-15)23(40)37(12-17(39)13-5-9-16(10-6-13)45-26(43)18-2-1-11-44-18)38-24(41)19-20(25(38)42)28(34)22(32)21(31)27(19,33)29(28,35)36/h1-11,19-20H,12H2/t19-,20+,27-,28-/m1/s1. The lowest BCUT2D eigenvalue weighted by Crippen LogP contribution is -2.56. The molecule has 45 heavy (non-hydrogen) atoms. The third-order valence-corrected chi connectivity index (χ3v) is 12.4. The molecule has 1 saturated heterocycles. The van der Waals surface area contributed by atoms with Crippen molar-refractivity contribution in [1.29, 1.82) is 0 Å². The third-order valence-electron chi connectivity index (χ3n) is 7.86. The Labute approximate surface area is 289 Å². The van der Waals surface area contributed by atoms with Crippen molar-refractivity contribution in [3.8, 4) is 5.75 Å². The lowest BCUT2D eigenvalue weighted by Gasteiger charge is -2.36. The number of allylic oxidation sites excluding steroid dienone is 2. The molecule has 232 valence electrons. The third kappa shape index (κ3) is 4.54. The van der Waals surface area contributed by atoms with Crippen LogP contribution >= 0.6 is 81.2 Å². The molecule has 0 spiro atoms. The zero-order valence-corrected chi connectivity index (χ0v) is 27.4. The van der Waals surface area contributed by atoms with Crippen molar-refractivity contribution in [1.82, 2.24) is 10.0 Å². The van der Waals surface area contributed by atoms with Gasteiger partial charge in [0.15, 0.2) is 10.1 Å². The molecule has 0 radical (unpaired) electrons. The predicted molar refractivity (Wildman–Crippen MR) is 166 cm³/mol. The van der Waals surface area contributed by atoms with Crippen LogP contribution in [0.2, 0.25) is 5.02 Å². The van der Waals surface area contributed by atoms with Crippen LogP contribution in [0.25, 0.3) is 0 Å². The van der Waals surface area contributed by atoms with Gasteiger partial charge in [-0.3, -0.25) is 19.2 Å². The summed E-state index contributed by atoms with van der Waals surface area (Å²) in [6.07, 6.45) is 1.31. The molecule has 2 heterocycles. The minimum absolute atomic E-state index is 0.00702. The highest BCUT2D eigenvalue weighted by atomic mass is 35.5. The number of amides is 3. The van der Waals surface area contributed by atoms with Crippen LogP contribution in [-0.2, 0) is 9.59 Å². The quantitative estimate of drug-likeness (QED) is 0.0855. The van der Waals surface area contributed by atoms with Gasteiger partial charge < -0.3 is 9.15 Å². The molecule has 0 unspecified atom stereocenters. The largest absolute Gasteiger partial charge is 0.457 e. The smallest absolute Gasteiger partial charge is 0.379 e. The summed E-state index contributed by atoms with van der Waals surface area (Å²) in [5.74, 6) is -7.40. The Kier molecular flexibility index (Phi) is 8.01. The van der Waals surface area contributed by atoms with E-state index in [9.17, 15) is 24.0 Å². The van der Waals surface area contributed by atoms with Crippen LogP contribution in [0.3, 0.4) is 0 Å². The fourth-order valence-electron chi connectivity index (χ4n) is 5.68. The Balaban J connectivity index is 1.33. The van der Waals surface area contributed by atoms with Gasteiger partial charge in [-0.15, -0.1) is 23.2 Å². The first-order valence-electron chi connectivity index (χ1n) is 12.8. The maximum atomic E-state index is 14.0. The fourth-order valence-corrected chi connectivity index (χ4v) is 8.74. The summed E-state index contributed by atoms with van der Waals surface area (Å²) in [6.45, 7) is -0.795. The number of furan rings is 1. The molecule has 4 atom stereocenters. The second-order valence-corrected chi connectivity index (χ2v) is 14.0. The van der Waals surface area contributed by atoms with E-state index in [-0.39, 0.29) is 32.7 Å². The van der Waals surface area contributed by atoms with Crippen LogP contribution < -0.4 is 4.74 Å². The molecule has 3 aromatic rings. The van der Waals surface area contributed by atoms with E-state index in [1.807, 2.05) is 0 Å². The monoisotopic (exact) mass is 748 g/mol. The number of Topliss-reactive ketones (excluding diaryl/α,β-unsaturated/α-hetero) is 1. The van der Waals surface area contributed by atoms with Crippen LogP contribution in [0.5, 0.6) is 5.75 Å². The molecule has 2 aliphatic carbocycles. The minimum atomic E-state index is -2.19. The lowest BCUT2D eigenvalue weighted by molar-refractivity contribution is -0.154. The van der Waals surface area contributed by atoms with E-state index in [0.717, 1.165) is 0 Å². The van der Waals surface area contributed by atoms with E-state index in [2.05, 4.69) is 0 Å². The summed E-state index contributed by atoms with van der Waals surface area (Å²) >= 11 is 45.5. The molecular formula is C29H15Cl7N2O7. The van der Waals surface area contributed by atoms with Crippen molar-refractivity contribution in [3.05, 3.63) is 98.9 Å². The summed E-state index contributed by atoms with van der Waals surface area (Å²) < 4.78 is 8.04. The van der Waals surface area contributed by atoms with Gasteiger partial charge in [-0.1, -0.05) is 58.0 Å². The average Bonchev–Trinajstić information content (AvgIpc) is 3.70. The Bertz CT molecular complexity index is 1760. The van der Waals surface area contributed by atoms with Gasteiger partial charge in [-0.25, -0.2) is 9.80 Å². The minimum Gasteiger partial charge on any atom is -0.457 e. The molecule has 1 saturated carbocycles. The Morgan fingerprint density at radius 1 is 0.800 bits per heavy atom.